The number of anilines is 1. The number of halogens is 4. The second-order valence-electron chi connectivity index (χ2n) is 3.35. The fraction of sp³-hybridized carbons (Fsp3) is 0.200. The highest BCUT2D eigenvalue weighted by Gasteiger charge is 2.39. The molecule has 1 amide bonds. The van der Waals surface area contributed by atoms with E-state index in [0.717, 1.165) is 6.07 Å². The van der Waals surface area contributed by atoms with Crippen LogP contribution in [0.2, 0.25) is 5.02 Å². The van der Waals surface area contributed by atoms with Gasteiger partial charge in [-0.2, -0.15) is 13.2 Å². The van der Waals surface area contributed by atoms with E-state index < -0.39 is 29.3 Å². The number of aromatic carboxylic acids is 1. The molecule has 0 heterocycles. The number of alkyl halides is 3. The zero-order chi connectivity index (χ0) is 14.1. The van der Waals surface area contributed by atoms with E-state index in [2.05, 4.69) is 0 Å². The van der Waals surface area contributed by atoms with Gasteiger partial charge in [0.15, 0.2) is 0 Å². The lowest BCUT2D eigenvalue weighted by molar-refractivity contribution is -0.167. The molecule has 0 saturated carbocycles. The van der Waals surface area contributed by atoms with E-state index in [1.165, 1.54) is 18.3 Å². The molecule has 0 saturated heterocycles. The van der Waals surface area contributed by atoms with Crippen molar-refractivity contribution in [3.63, 3.8) is 0 Å². The van der Waals surface area contributed by atoms with Crippen LogP contribution >= 0.6 is 11.6 Å². The summed E-state index contributed by atoms with van der Waals surface area (Å²) in [6.45, 7) is 1.31. The number of carboxylic acid groups (broad SMARTS) is 1. The van der Waals surface area contributed by atoms with Crippen LogP contribution in [0.3, 0.4) is 0 Å². The number of hydrogen-bond donors (Lipinski definition) is 2. The molecule has 2 N–H and O–H groups in total. The van der Waals surface area contributed by atoms with Gasteiger partial charge in [0.2, 0.25) is 0 Å². The molecule has 0 bridgehead atoms. The lowest BCUT2D eigenvalue weighted by atomic mass is 10.1. The van der Waals surface area contributed by atoms with Crippen LogP contribution < -0.4 is 5.32 Å². The number of carboxylic acids is 1. The summed E-state index contributed by atoms with van der Waals surface area (Å²) in [5, 5.41) is 10.4. The zero-order valence-electron chi connectivity index (χ0n) is 8.93. The van der Waals surface area contributed by atoms with Crippen molar-refractivity contribution in [3.8, 4) is 0 Å². The Hall–Kier alpha value is -1.76. The first-order valence-corrected chi connectivity index (χ1v) is 4.93. The third-order valence-electron chi connectivity index (χ3n) is 2.13. The Kier molecular flexibility index (Phi) is 3.85. The van der Waals surface area contributed by atoms with Gasteiger partial charge in [0.1, 0.15) is 0 Å². The van der Waals surface area contributed by atoms with Gasteiger partial charge in [-0.15, -0.1) is 0 Å². The molecule has 0 spiro atoms. The quantitative estimate of drug-likeness (QED) is 0.876. The Bertz CT molecular complexity index is 514. The van der Waals surface area contributed by atoms with Gasteiger partial charge in [-0.1, -0.05) is 11.6 Å². The minimum Gasteiger partial charge on any atom is -0.478 e. The summed E-state index contributed by atoms with van der Waals surface area (Å²) >= 11 is 5.66. The van der Waals surface area contributed by atoms with Gasteiger partial charge in [-0.3, -0.25) is 4.79 Å². The summed E-state index contributed by atoms with van der Waals surface area (Å²) in [7, 11) is 0. The number of carbonyl (C=O) groups is 2. The number of amides is 1. The maximum absolute atomic E-state index is 12.1. The summed E-state index contributed by atoms with van der Waals surface area (Å²) in [4.78, 5) is 21.6. The number of carbonyl (C=O) groups excluding carboxylic acids is 1. The molecule has 4 nitrogen and oxygen atoms in total. The first-order chi connectivity index (χ1) is 8.14. The molecule has 0 aliphatic rings. The normalized spacial score (nSPS) is 11.2. The van der Waals surface area contributed by atoms with Gasteiger partial charge in [0, 0.05) is 5.02 Å². The highest BCUT2D eigenvalue weighted by molar-refractivity contribution is 6.32. The predicted molar refractivity (Wildman–Crippen MR) is 57.8 cm³/mol. The van der Waals surface area contributed by atoms with Crippen LogP contribution in [0, 0.1) is 6.92 Å². The summed E-state index contributed by atoms with van der Waals surface area (Å²) < 4.78 is 36.3. The van der Waals surface area contributed by atoms with Gasteiger partial charge in [0.05, 0.1) is 11.3 Å². The molecular weight excluding hydrogens is 275 g/mol. The molecule has 1 aromatic rings. The molecular formula is C10H7ClF3NO3. The Morgan fingerprint density at radius 3 is 2.33 bits per heavy atom. The molecule has 0 atom stereocenters. The smallest absolute Gasteiger partial charge is 0.471 e. The molecule has 8 heteroatoms. The van der Waals surface area contributed by atoms with E-state index in [1.54, 1.807) is 0 Å². The lowest BCUT2D eigenvalue weighted by Crippen LogP contribution is -2.31. The summed E-state index contributed by atoms with van der Waals surface area (Å²) in [5.41, 5.74) is -0.874. The summed E-state index contributed by atoms with van der Waals surface area (Å²) in [5.74, 6) is -3.72. The van der Waals surface area contributed by atoms with Crippen molar-refractivity contribution >= 4 is 29.2 Å². The maximum atomic E-state index is 12.1. The van der Waals surface area contributed by atoms with E-state index in [-0.39, 0.29) is 10.6 Å². The van der Waals surface area contributed by atoms with E-state index in [4.69, 9.17) is 16.7 Å². The molecule has 1 rings (SSSR count). The fourth-order valence-corrected chi connectivity index (χ4v) is 1.37. The van der Waals surface area contributed by atoms with Crippen molar-refractivity contribution in [2.24, 2.45) is 0 Å². The van der Waals surface area contributed by atoms with E-state index in [1.807, 2.05) is 0 Å². The van der Waals surface area contributed by atoms with Crippen LogP contribution in [0.1, 0.15) is 15.9 Å². The topological polar surface area (TPSA) is 66.4 Å². The maximum Gasteiger partial charge on any atom is 0.471 e. The lowest BCUT2D eigenvalue weighted by Gasteiger charge is -2.13. The molecule has 0 aromatic heterocycles. The van der Waals surface area contributed by atoms with Crippen LogP contribution in [-0.4, -0.2) is 23.2 Å². The number of benzene rings is 1. The predicted octanol–water partition coefficient (Wildman–Crippen LogP) is 2.85. The largest absolute Gasteiger partial charge is 0.478 e. The van der Waals surface area contributed by atoms with Crippen LogP contribution in [-0.2, 0) is 4.79 Å². The standard InChI is InChI=1S/C10H7ClF3NO3/c1-4-6(11)3-2-5(8(16)17)7(4)15-9(18)10(12,13)14/h2-3H,1H3,(H,15,18)(H,16,17). The number of rotatable bonds is 2. The van der Waals surface area contributed by atoms with E-state index in [9.17, 15) is 22.8 Å². The Morgan fingerprint density at radius 1 is 1.33 bits per heavy atom. The summed E-state index contributed by atoms with van der Waals surface area (Å²) in [6, 6.07) is 2.24. The highest BCUT2D eigenvalue weighted by atomic mass is 35.5. The minimum absolute atomic E-state index is 0.0502. The second kappa shape index (κ2) is 4.85. The molecule has 0 radical (unpaired) electrons. The molecule has 98 valence electrons. The van der Waals surface area contributed by atoms with Gasteiger partial charge >= 0.3 is 18.1 Å². The van der Waals surface area contributed by atoms with Crippen molar-refractivity contribution in [3.05, 3.63) is 28.3 Å². The zero-order valence-corrected chi connectivity index (χ0v) is 9.69. The molecule has 0 unspecified atom stereocenters. The highest BCUT2D eigenvalue weighted by Crippen LogP contribution is 2.29. The fourth-order valence-electron chi connectivity index (χ4n) is 1.21. The summed E-state index contributed by atoms with van der Waals surface area (Å²) in [6.07, 6.45) is -5.11. The minimum atomic E-state index is -5.11. The average molecular weight is 282 g/mol. The van der Waals surface area contributed by atoms with Gasteiger partial charge in [-0.05, 0) is 24.6 Å². The van der Waals surface area contributed by atoms with Crippen LogP contribution in [0.5, 0.6) is 0 Å². The van der Waals surface area contributed by atoms with Gasteiger partial charge in [-0.25, -0.2) is 4.79 Å². The Morgan fingerprint density at radius 2 is 1.89 bits per heavy atom. The Balaban J connectivity index is 3.26. The van der Waals surface area contributed by atoms with Crippen LogP contribution in [0.4, 0.5) is 18.9 Å². The third-order valence-corrected chi connectivity index (χ3v) is 2.53. The van der Waals surface area contributed by atoms with Gasteiger partial charge < -0.3 is 10.4 Å². The average Bonchev–Trinajstić information content (AvgIpc) is 2.23. The second-order valence-corrected chi connectivity index (χ2v) is 3.76. The number of hydrogen-bond acceptors (Lipinski definition) is 2. The van der Waals surface area contributed by atoms with E-state index in [0.29, 0.717) is 0 Å². The number of nitrogens with one attached hydrogen (secondary N) is 1. The van der Waals surface area contributed by atoms with Gasteiger partial charge in [0.25, 0.3) is 0 Å². The van der Waals surface area contributed by atoms with Crippen molar-refractivity contribution in [2.75, 3.05) is 5.32 Å². The van der Waals surface area contributed by atoms with Crippen molar-refractivity contribution < 1.29 is 27.9 Å². The van der Waals surface area contributed by atoms with Crippen molar-refractivity contribution in [1.82, 2.24) is 0 Å². The van der Waals surface area contributed by atoms with Crippen LogP contribution in [0.25, 0.3) is 0 Å². The third kappa shape index (κ3) is 2.92. The first-order valence-electron chi connectivity index (χ1n) is 4.55. The monoisotopic (exact) mass is 281 g/mol. The Labute approximate surface area is 104 Å². The molecule has 1 aromatic carbocycles. The van der Waals surface area contributed by atoms with E-state index >= 15 is 0 Å². The molecule has 18 heavy (non-hydrogen) atoms. The van der Waals surface area contributed by atoms with Crippen molar-refractivity contribution in [2.45, 2.75) is 13.1 Å². The van der Waals surface area contributed by atoms with Crippen LogP contribution in [0.15, 0.2) is 12.1 Å². The first kappa shape index (κ1) is 14.3. The molecule has 0 aliphatic carbocycles. The molecule has 0 aliphatic heterocycles. The van der Waals surface area contributed by atoms with Crippen molar-refractivity contribution in [1.29, 1.82) is 0 Å². The molecule has 0 fully saturated rings. The SMILES string of the molecule is Cc1c(Cl)ccc(C(=O)O)c1NC(=O)C(F)(F)F.